The highest BCUT2D eigenvalue weighted by atomic mass is 35.5. The summed E-state index contributed by atoms with van der Waals surface area (Å²) in [7, 11) is 0. The van der Waals surface area contributed by atoms with Gasteiger partial charge in [0.1, 0.15) is 22.5 Å². The van der Waals surface area contributed by atoms with Crippen LogP contribution >= 0.6 is 23.2 Å². The van der Waals surface area contributed by atoms with Crippen LogP contribution in [0, 0.1) is 29.1 Å². The number of amides is 6. The molecule has 0 radical (unpaired) electrons. The molecule has 3 aliphatic carbocycles. The van der Waals surface area contributed by atoms with Gasteiger partial charge in [0.05, 0.1) is 6.04 Å². The molecule has 0 aromatic heterocycles. The van der Waals surface area contributed by atoms with Crippen LogP contribution in [-0.2, 0) is 36.8 Å². The van der Waals surface area contributed by atoms with Crippen LogP contribution in [0.25, 0.3) is 0 Å². The van der Waals surface area contributed by atoms with E-state index in [0.29, 0.717) is 12.8 Å². The number of fused-ring (bicyclic) bond motifs is 2. The number of piperidine rings is 1. The standard InChI is InChI=1S/C37H52Cl2N6O6/c1-35(2,3)29(32(49)44-36(4,5)6)43-34(51)42-26(22-16-20-13-9-10-14-21(20)17-22)33(50)45-18-23-25(37(23,38)39)27(45)31(48)41-24(28(46)30(40)47)15-19-11-7-8-12-19/h9-10,13-14,19,22-27,29H,7-8,11-12,15-18H2,1-6H3,(H2,40,47)(H,41,48)(H,44,49)(H2,42,43,51)/t23-,24?,25-,26-,27-,29+/m0/s1. The molecule has 1 aliphatic heterocycles. The highest BCUT2D eigenvalue weighted by Gasteiger charge is 2.74. The van der Waals surface area contributed by atoms with Crippen LogP contribution in [0.3, 0.4) is 0 Å². The van der Waals surface area contributed by atoms with Gasteiger partial charge in [0.25, 0.3) is 5.91 Å². The predicted molar refractivity (Wildman–Crippen MR) is 194 cm³/mol. The van der Waals surface area contributed by atoms with Gasteiger partial charge >= 0.3 is 6.03 Å². The van der Waals surface area contributed by atoms with Gasteiger partial charge in [-0.15, -0.1) is 23.2 Å². The van der Waals surface area contributed by atoms with E-state index in [1.807, 2.05) is 65.8 Å². The molecular weight excluding hydrogens is 695 g/mol. The molecule has 5 rings (SSSR count). The van der Waals surface area contributed by atoms with Crippen molar-refractivity contribution >= 4 is 58.6 Å². The van der Waals surface area contributed by atoms with Gasteiger partial charge in [0.15, 0.2) is 0 Å². The number of nitrogens with two attached hydrogens (primary N) is 1. The van der Waals surface area contributed by atoms with Crippen molar-refractivity contribution in [3.05, 3.63) is 35.4 Å². The first-order valence-corrected chi connectivity index (χ1v) is 18.7. The van der Waals surface area contributed by atoms with Crippen LogP contribution in [-0.4, -0.2) is 80.9 Å². The van der Waals surface area contributed by atoms with E-state index in [1.54, 1.807) is 0 Å². The van der Waals surface area contributed by atoms with E-state index < -0.39 is 80.8 Å². The zero-order valence-electron chi connectivity index (χ0n) is 30.3. The van der Waals surface area contributed by atoms with Crippen LogP contribution in [0.4, 0.5) is 4.79 Å². The Hall–Kier alpha value is -3.38. The minimum Gasteiger partial charge on any atom is -0.363 e. The lowest BCUT2D eigenvalue weighted by Crippen LogP contribution is -2.63. The number of alkyl halides is 2. The van der Waals surface area contributed by atoms with E-state index in [0.717, 1.165) is 36.8 Å². The SMILES string of the molecule is CC(C)(C)NC(=O)[C@@H](NC(=O)N[C@H](C(=O)N1C[C@H]2[C@@H]([C@H]1C(=O)NC(CC1CCCC1)C(=O)C(N)=O)C2(Cl)Cl)C1Cc2ccccc2C1)C(C)(C)C. The number of urea groups is 1. The summed E-state index contributed by atoms with van der Waals surface area (Å²) in [5.41, 5.74) is 6.27. The van der Waals surface area contributed by atoms with E-state index in [1.165, 1.54) is 4.90 Å². The summed E-state index contributed by atoms with van der Waals surface area (Å²) in [6, 6.07) is 2.80. The molecule has 0 spiro atoms. The minimum absolute atomic E-state index is 0.0592. The summed E-state index contributed by atoms with van der Waals surface area (Å²) in [5.74, 6) is -4.81. The molecule has 6 atom stereocenters. The highest BCUT2D eigenvalue weighted by molar-refractivity contribution is 6.51. The molecule has 2 saturated carbocycles. The van der Waals surface area contributed by atoms with Gasteiger partial charge in [-0.05, 0) is 68.4 Å². The molecule has 4 aliphatic rings. The van der Waals surface area contributed by atoms with Crippen molar-refractivity contribution in [2.45, 2.75) is 121 Å². The molecule has 1 unspecified atom stereocenters. The average Bonchev–Trinajstić information content (AvgIpc) is 3.60. The molecule has 280 valence electrons. The Morgan fingerprint density at radius 1 is 0.922 bits per heavy atom. The summed E-state index contributed by atoms with van der Waals surface area (Å²) in [6.45, 7) is 11.1. The Labute approximate surface area is 310 Å². The van der Waals surface area contributed by atoms with Crippen LogP contribution in [0.5, 0.6) is 0 Å². The second-order valence-electron chi connectivity index (χ2n) is 17.0. The normalized spacial score (nSPS) is 24.5. The molecule has 1 aromatic rings. The van der Waals surface area contributed by atoms with Crippen molar-refractivity contribution in [1.82, 2.24) is 26.2 Å². The molecule has 6 N–H and O–H groups in total. The number of carbonyl (C=O) groups is 6. The molecule has 1 heterocycles. The van der Waals surface area contributed by atoms with Crippen molar-refractivity contribution in [2.24, 2.45) is 34.8 Å². The molecule has 0 bridgehead atoms. The highest BCUT2D eigenvalue weighted by Crippen LogP contribution is 2.65. The van der Waals surface area contributed by atoms with Gasteiger partial charge < -0.3 is 31.9 Å². The summed E-state index contributed by atoms with van der Waals surface area (Å²) < 4.78 is -1.27. The third kappa shape index (κ3) is 8.64. The lowest BCUT2D eigenvalue weighted by atomic mass is 9.85. The summed E-state index contributed by atoms with van der Waals surface area (Å²) in [4.78, 5) is 82.3. The number of halogens is 2. The van der Waals surface area contributed by atoms with Crippen molar-refractivity contribution in [1.29, 1.82) is 0 Å². The number of Topliss-reactive ketones (excluding diaryl/α,β-unsaturated/α-hetero) is 1. The first-order chi connectivity index (χ1) is 23.7. The van der Waals surface area contributed by atoms with E-state index >= 15 is 0 Å². The quantitative estimate of drug-likeness (QED) is 0.171. The van der Waals surface area contributed by atoms with Crippen LogP contribution < -0.4 is 27.0 Å². The van der Waals surface area contributed by atoms with E-state index in [4.69, 9.17) is 28.9 Å². The second-order valence-corrected chi connectivity index (χ2v) is 18.4. The van der Waals surface area contributed by atoms with Crippen molar-refractivity contribution in [3.8, 4) is 0 Å². The summed E-state index contributed by atoms with van der Waals surface area (Å²) in [6.07, 6.45) is 5.00. The van der Waals surface area contributed by atoms with E-state index in [-0.39, 0.29) is 30.7 Å². The van der Waals surface area contributed by atoms with Gasteiger partial charge in [-0.3, -0.25) is 24.0 Å². The third-order valence-corrected chi connectivity index (χ3v) is 11.9. The lowest BCUT2D eigenvalue weighted by molar-refractivity contribution is -0.143. The number of ketones is 1. The Bertz CT molecular complexity index is 1540. The molecule has 3 fully saturated rings. The minimum atomic E-state index is -1.27. The van der Waals surface area contributed by atoms with E-state index in [9.17, 15) is 28.8 Å². The number of benzene rings is 1. The third-order valence-electron chi connectivity index (χ3n) is 10.8. The summed E-state index contributed by atoms with van der Waals surface area (Å²) >= 11 is 13.2. The topological polar surface area (TPSA) is 180 Å². The summed E-state index contributed by atoms with van der Waals surface area (Å²) in [5, 5.41) is 11.4. The fraction of sp³-hybridized carbons (Fsp3) is 0.676. The molecule has 14 heteroatoms. The molecular formula is C37H52Cl2N6O6. The van der Waals surface area contributed by atoms with Crippen LogP contribution in [0.2, 0.25) is 0 Å². The van der Waals surface area contributed by atoms with Gasteiger partial charge in [-0.1, -0.05) is 70.7 Å². The monoisotopic (exact) mass is 746 g/mol. The Morgan fingerprint density at radius 3 is 2.04 bits per heavy atom. The van der Waals surface area contributed by atoms with Crippen molar-refractivity contribution in [3.63, 3.8) is 0 Å². The number of primary amides is 1. The van der Waals surface area contributed by atoms with Gasteiger partial charge in [-0.2, -0.15) is 0 Å². The lowest BCUT2D eigenvalue weighted by Gasteiger charge is -2.36. The molecule has 1 saturated heterocycles. The van der Waals surface area contributed by atoms with Crippen LogP contribution in [0.1, 0.15) is 84.8 Å². The molecule has 1 aromatic carbocycles. The smallest absolute Gasteiger partial charge is 0.316 e. The van der Waals surface area contributed by atoms with Gasteiger partial charge in [0, 0.05) is 23.9 Å². The van der Waals surface area contributed by atoms with Gasteiger partial charge in [-0.25, -0.2) is 4.79 Å². The number of rotatable bonds is 11. The first kappa shape index (κ1) is 38.8. The fourth-order valence-electron chi connectivity index (χ4n) is 8.19. The first-order valence-electron chi connectivity index (χ1n) is 18.0. The number of hydrogen-bond donors (Lipinski definition) is 5. The predicted octanol–water partition coefficient (Wildman–Crippen LogP) is 3.15. The Balaban J connectivity index is 1.41. The number of likely N-dealkylation sites (tertiary alicyclic amines) is 1. The number of nitrogens with one attached hydrogen (secondary N) is 4. The van der Waals surface area contributed by atoms with Crippen molar-refractivity contribution in [2.75, 3.05) is 6.54 Å². The maximum Gasteiger partial charge on any atom is 0.316 e. The van der Waals surface area contributed by atoms with Gasteiger partial charge in [0.2, 0.25) is 23.5 Å². The molecule has 51 heavy (non-hydrogen) atoms. The maximum absolute atomic E-state index is 14.7. The average molecular weight is 748 g/mol. The number of nitrogens with zero attached hydrogens (tertiary/aromatic N) is 1. The fourth-order valence-corrected chi connectivity index (χ4v) is 9.02. The van der Waals surface area contributed by atoms with E-state index in [2.05, 4.69) is 21.3 Å². The van der Waals surface area contributed by atoms with Crippen molar-refractivity contribution < 1.29 is 28.8 Å². The molecule has 12 nitrogen and oxygen atoms in total. The zero-order chi connectivity index (χ0) is 37.6. The number of hydrogen-bond acceptors (Lipinski definition) is 6. The Kier molecular flexibility index (Phi) is 11.1. The Morgan fingerprint density at radius 2 is 1.51 bits per heavy atom. The number of carbonyl (C=O) groups excluding carboxylic acids is 6. The van der Waals surface area contributed by atoms with Crippen LogP contribution in [0.15, 0.2) is 24.3 Å². The zero-order valence-corrected chi connectivity index (χ0v) is 31.8. The maximum atomic E-state index is 14.7. The second kappa shape index (κ2) is 14.6. The largest absolute Gasteiger partial charge is 0.363 e. The molecule has 6 amide bonds.